The summed E-state index contributed by atoms with van der Waals surface area (Å²) in [6.45, 7) is 0.0130. The number of ether oxygens (including phenoxy) is 1. The maximum Gasteiger partial charge on any atom is 0.313 e. The van der Waals surface area contributed by atoms with Crippen molar-refractivity contribution >= 4 is 22.2 Å². The van der Waals surface area contributed by atoms with Gasteiger partial charge in [0.15, 0.2) is 5.75 Å². The van der Waals surface area contributed by atoms with Crippen LogP contribution in [0.2, 0.25) is 0 Å². The highest BCUT2D eigenvalue weighted by atomic mass is 32.1. The first-order valence-corrected chi connectivity index (χ1v) is 5.95. The van der Waals surface area contributed by atoms with Crippen molar-refractivity contribution in [3.63, 3.8) is 0 Å². The van der Waals surface area contributed by atoms with Crippen LogP contribution in [0.3, 0.4) is 0 Å². The lowest BCUT2D eigenvalue weighted by atomic mass is 10.3. The number of nitrogens with zero attached hydrogens (tertiary/aromatic N) is 3. The van der Waals surface area contributed by atoms with E-state index in [1.807, 2.05) is 0 Å². The second-order valence-electron chi connectivity index (χ2n) is 3.46. The minimum Gasteiger partial charge on any atom is -0.480 e. The van der Waals surface area contributed by atoms with Crippen molar-refractivity contribution in [1.82, 2.24) is 9.59 Å². The maximum absolute atomic E-state index is 12.9. The van der Waals surface area contributed by atoms with E-state index in [1.54, 1.807) is 7.05 Å². The molecule has 1 heterocycles. The van der Waals surface area contributed by atoms with Crippen LogP contribution in [-0.4, -0.2) is 21.6 Å². The van der Waals surface area contributed by atoms with Crippen molar-refractivity contribution in [2.24, 2.45) is 0 Å². The SMILES string of the molecule is CNc1snnc1COc1ccc(F)cc1[N+](=O)[O-]. The number of nitro groups is 1. The third-order valence-corrected chi connectivity index (χ3v) is 3.05. The summed E-state index contributed by atoms with van der Waals surface area (Å²) >= 11 is 1.15. The second kappa shape index (κ2) is 5.57. The Morgan fingerprint density at radius 3 is 3.05 bits per heavy atom. The summed E-state index contributed by atoms with van der Waals surface area (Å²) in [7, 11) is 1.71. The molecular weight excluding hydrogens is 275 g/mol. The molecule has 0 fully saturated rings. The predicted octanol–water partition coefficient (Wildman–Crippen LogP) is 2.21. The smallest absolute Gasteiger partial charge is 0.313 e. The predicted molar refractivity (Wildman–Crippen MR) is 66.8 cm³/mol. The largest absolute Gasteiger partial charge is 0.480 e. The molecular formula is C10H9FN4O3S. The van der Waals surface area contributed by atoms with Crippen LogP contribution in [0.1, 0.15) is 5.69 Å². The van der Waals surface area contributed by atoms with Crippen LogP contribution in [-0.2, 0) is 6.61 Å². The first kappa shape index (κ1) is 13.1. The van der Waals surface area contributed by atoms with Crippen LogP contribution in [0.5, 0.6) is 5.75 Å². The number of halogens is 1. The number of aromatic nitrogens is 2. The van der Waals surface area contributed by atoms with Gasteiger partial charge in [-0.1, -0.05) is 4.49 Å². The Morgan fingerprint density at radius 1 is 1.58 bits per heavy atom. The van der Waals surface area contributed by atoms with Crippen molar-refractivity contribution < 1.29 is 14.1 Å². The molecule has 0 saturated heterocycles. The average Bonchev–Trinajstić information content (AvgIpc) is 2.84. The van der Waals surface area contributed by atoms with Crippen LogP contribution < -0.4 is 10.1 Å². The molecule has 19 heavy (non-hydrogen) atoms. The normalized spacial score (nSPS) is 10.2. The molecule has 7 nitrogen and oxygen atoms in total. The summed E-state index contributed by atoms with van der Waals surface area (Å²) in [6, 6.07) is 3.13. The lowest BCUT2D eigenvalue weighted by molar-refractivity contribution is -0.386. The molecule has 0 bridgehead atoms. The molecule has 0 spiro atoms. The number of benzene rings is 1. The molecule has 0 amide bonds. The molecule has 0 saturated carbocycles. The summed E-state index contributed by atoms with van der Waals surface area (Å²) in [5.41, 5.74) is 0.111. The fraction of sp³-hybridized carbons (Fsp3) is 0.200. The van der Waals surface area contributed by atoms with Gasteiger partial charge < -0.3 is 10.1 Å². The van der Waals surface area contributed by atoms with Crippen molar-refractivity contribution in [3.05, 3.63) is 39.8 Å². The Hall–Kier alpha value is -2.29. The molecule has 0 aliphatic rings. The van der Waals surface area contributed by atoms with Crippen LogP contribution in [0.15, 0.2) is 18.2 Å². The van der Waals surface area contributed by atoms with Gasteiger partial charge in [-0.2, -0.15) is 0 Å². The molecule has 0 unspecified atom stereocenters. The van der Waals surface area contributed by atoms with Gasteiger partial charge in [-0.25, -0.2) is 4.39 Å². The molecule has 100 valence electrons. The molecule has 0 radical (unpaired) electrons. The van der Waals surface area contributed by atoms with E-state index in [-0.39, 0.29) is 12.4 Å². The zero-order valence-corrected chi connectivity index (χ0v) is 10.6. The second-order valence-corrected chi connectivity index (χ2v) is 4.21. The Bertz CT molecular complexity index is 604. The molecule has 1 aromatic carbocycles. The van der Waals surface area contributed by atoms with Gasteiger partial charge in [0.1, 0.15) is 23.1 Å². The monoisotopic (exact) mass is 284 g/mol. The van der Waals surface area contributed by atoms with Gasteiger partial charge in [0.2, 0.25) is 0 Å². The van der Waals surface area contributed by atoms with Crippen molar-refractivity contribution in [2.75, 3.05) is 12.4 Å². The topological polar surface area (TPSA) is 90.2 Å². The Balaban J connectivity index is 2.18. The van der Waals surface area contributed by atoms with Crippen LogP contribution in [0.25, 0.3) is 0 Å². The standard InChI is InChI=1S/C10H9FN4O3S/c1-12-10-7(13-14-19-10)5-18-9-3-2-6(11)4-8(9)15(16)17/h2-4,12H,5H2,1H3. The van der Waals surface area contributed by atoms with Gasteiger partial charge in [0.25, 0.3) is 0 Å². The van der Waals surface area contributed by atoms with E-state index < -0.39 is 16.4 Å². The molecule has 2 rings (SSSR count). The van der Waals surface area contributed by atoms with Gasteiger partial charge in [-0.05, 0) is 12.1 Å². The Labute approximate surface area is 111 Å². The van der Waals surface area contributed by atoms with Gasteiger partial charge in [-0.3, -0.25) is 10.1 Å². The molecule has 9 heteroatoms. The van der Waals surface area contributed by atoms with Gasteiger partial charge >= 0.3 is 5.69 Å². The first-order valence-electron chi connectivity index (χ1n) is 5.17. The third-order valence-electron chi connectivity index (χ3n) is 2.26. The molecule has 2 aromatic rings. The lowest BCUT2D eigenvalue weighted by Gasteiger charge is -2.05. The van der Waals surface area contributed by atoms with Gasteiger partial charge in [-0.15, -0.1) is 5.10 Å². The molecule has 0 aliphatic carbocycles. The summed E-state index contributed by atoms with van der Waals surface area (Å²) in [5, 5.41) is 18.2. The number of hydrogen-bond donors (Lipinski definition) is 1. The minimum atomic E-state index is -0.698. The zero-order valence-electron chi connectivity index (χ0n) is 9.79. The number of nitro benzene ring substituents is 1. The first-order chi connectivity index (χ1) is 9.11. The summed E-state index contributed by atoms with van der Waals surface area (Å²) in [4.78, 5) is 10.1. The maximum atomic E-state index is 12.9. The quantitative estimate of drug-likeness (QED) is 0.668. The minimum absolute atomic E-state index is 0.0125. The van der Waals surface area contributed by atoms with E-state index in [1.165, 1.54) is 6.07 Å². The van der Waals surface area contributed by atoms with E-state index in [4.69, 9.17) is 4.74 Å². The van der Waals surface area contributed by atoms with E-state index in [0.29, 0.717) is 10.7 Å². The lowest BCUT2D eigenvalue weighted by Crippen LogP contribution is -2.02. The summed E-state index contributed by atoms with van der Waals surface area (Å²) in [5.74, 6) is -0.702. The molecule has 0 aliphatic heterocycles. The van der Waals surface area contributed by atoms with Gasteiger partial charge in [0.05, 0.1) is 11.0 Å². The summed E-state index contributed by atoms with van der Waals surface area (Å²) in [6.07, 6.45) is 0. The Kier molecular flexibility index (Phi) is 3.85. The average molecular weight is 284 g/mol. The van der Waals surface area contributed by atoms with E-state index >= 15 is 0 Å². The van der Waals surface area contributed by atoms with Crippen LogP contribution >= 0.6 is 11.5 Å². The fourth-order valence-corrected chi connectivity index (χ4v) is 1.91. The zero-order chi connectivity index (χ0) is 13.8. The fourth-order valence-electron chi connectivity index (χ4n) is 1.39. The number of rotatable bonds is 5. The van der Waals surface area contributed by atoms with E-state index in [0.717, 1.165) is 23.7 Å². The van der Waals surface area contributed by atoms with Crippen molar-refractivity contribution in [1.29, 1.82) is 0 Å². The summed E-state index contributed by atoms with van der Waals surface area (Å²) < 4.78 is 22.0. The molecule has 0 atom stereocenters. The molecule has 1 aromatic heterocycles. The highest BCUT2D eigenvalue weighted by molar-refractivity contribution is 7.10. The van der Waals surface area contributed by atoms with E-state index in [9.17, 15) is 14.5 Å². The van der Waals surface area contributed by atoms with E-state index in [2.05, 4.69) is 14.9 Å². The Morgan fingerprint density at radius 2 is 2.37 bits per heavy atom. The highest BCUT2D eigenvalue weighted by Crippen LogP contribution is 2.29. The highest BCUT2D eigenvalue weighted by Gasteiger charge is 2.17. The van der Waals surface area contributed by atoms with Gasteiger partial charge in [0, 0.05) is 18.6 Å². The van der Waals surface area contributed by atoms with Crippen molar-refractivity contribution in [2.45, 2.75) is 6.61 Å². The van der Waals surface area contributed by atoms with Crippen LogP contribution in [0, 0.1) is 15.9 Å². The third kappa shape index (κ3) is 2.94. The molecule has 1 N–H and O–H groups in total. The van der Waals surface area contributed by atoms with Crippen molar-refractivity contribution in [3.8, 4) is 5.75 Å². The van der Waals surface area contributed by atoms with Crippen LogP contribution in [0.4, 0.5) is 15.1 Å². The number of nitrogens with one attached hydrogen (secondary N) is 1. The number of hydrogen-bond acceptors (Lipinski definition) is 7. The number of anilines is 1.